The average molecular weight is 309 g/mol. The zero-order valence-corrected chi connectivity index (χ0v) is 13.5. The van der Waals surface area contributed by atoms with Gasteiger partial charge in [-0.2, -0.15) is 0 Å². The molecule has 0 aromatic carbocycles. The Bertz CT molecular complexity index is 423. The number of hydrogen-bond donors (Lipinski definition) is 0. The van der Waals surface area contributed by atoms with Crippen molar-refractivity contribution in [1.82, 2.24) is 14.9 Å². The maximum Gasteiger partial charge on any atom is 0.251 e. The SMILES string of the molecule is CCN1CCC[C@@H]1CN1C[C@H](C(=O)N2CCCCO2)CC1=O. The molecular weight excluding hydrogens is 282 g/mol. The van der Waals surface area contributed by atoms with Crippen LogP contribution in [-0.2, 0) is 14.4 Å². The first-order valence-electron chi connectivity index (χ1n) is 8.65. The van der Waals surface area contributed by atoms with Crippen LogP contribution in [0.2, 0.25) is 0 Å². The fourth-order valence-corrected chi connectivity index (χ4v) is 3.86. The van der Waals surface area contributed by atoms with Gasteiger partial charge in [-0.3, -0.25) is 19.3 Å². The van der Waals surface area contributed by atoms with E-state index in [2.05, 4.69) is 11.8 Å². The lowest BCUT2D eigenvalue weighted by Crippen LogP contribution is -2.43. The second kappa shape index (κ2) is 6.96. The highest BCUT2D eigenvalue weighted by atomic mass is 16.7. The zero-order chi connectivity index (χ0) is 15.5. The van der Waals surface area contributed by atoms with Gasteiger partial charge in [0.25, 0.3) is 5.91 Å². The van der Waals surface area contributed by atoms with Crippen molar-refractivity contribution in [3.8, 4) is 0 Å². The Morgan fingerprint density at radius 1 is 1.27 bits per heavy atom. The van der Waals surface area contributed by atoms with Gasteiger partial charge in [0, 0.05) is 32.1 Å². The van der Waals surface area contributed by atoms with Gasteiger partial charge >= 0.3 is 0 Å². The minimum absolute atomic E-state index is 0.00526. The molecule has 0 unspecified atom stereocenters. The van der Waals surface area contributed by atoms with E-state index >= 15 is 0 Å². The van der Waals surface area contributed by atoms with Crippen molar-refractivity contribution in [1.29, 1.82) is 0 Å². The molecule has 6 nitrogen and oxygen atoms in total. The summed E-state index contributed by atoms with van der Waals surface area (Å²) in [5.41, 5.74) is 0. The normalized spacial score (nSPS) is 30.3. The van der Waals surface area contributed by atoms with Crippen LogP contribution in [0, 0.1) is 5.92 Å². The third kappa shape index (κ3) is 3.27. The van der Waals surface area contributed by atoms with Crippen LogP contribution in [0.5, 0.6) is 0 Å². The van der Waals surface area contributed by atoms with Gasteiger partial charge in [0.05, 0.1) is 12.5 Å². The Morgan fingerprint density at radius 2 is 2.14 bits per heavy atom. The number of amides is 2. The molecule has 0 aliphatic carbocycles. The van der Waals surface area contributed by atoms with E-state index in [1.54, 1.807) is 0 Å². The van der Waals surface area contributed by atoms with Crippen LogP contribution >= 0.6 is 0 Å². The van der Waals surface area contributed by atoms with E-state index in [-0.39, 0.29) is 17.7 Å². The van der Waals surface area contributed by atoms with Gasteiger partial charge in [0.15, 0.2) is 0 Å². The largest absolute Gasteiger partial charge is 0.340 e. The molecule has 22 heavy (non-hydrogen) atoms. The number of likely N-dealkylation sites (tertiary alicyclic amines) is 2. The highest BCUT2D eigenvalue weighted by Gasteiger charge is 2.39. The molecule has 3 heterocycles. The molecule has 0 aromatic heterocycles. The Morgan fingerprint density at radius 3 is 2.86 bits per heavy atom. The van der Waals surface area contributed by atoms with Gasteiger partial charge in [-0.05, 0) is 38.8 Å². The van der Waals surface area contributed by atoms with Crippen molar-refractivity contribution in [3.63, 3.8) is 0 Å². The van der Waals surface area contributed by atoms with E-state index in [4.69, 9.17) is 4.84 Å². The molecule has 0 aromatic rings. The summed E-state index contributed by atoms with van der Waals surface area (Å²) in [5, 5.41) is 1.48. The van der Waals surface area contributed by atoms with Crippen LogP contribution in [0.3, 0.4) is 0 Å². The van der Waals surface area contributed by atoms with Gasteiger partial charge in [-0.25, -0.2) is 5.06 Å². The number of hydroxylamine groups is 2. The molecule has 0 bridgehead atoms. The van der Waals surface area contributed by atoms with E-state index in [9.17, 15) is 9.59 Å². The van der Waals surface area contributed by atoms with Crippen molar-refractivity contribution in [3.05, 3.63) is 0 Å². The lowest BCUT2D eigenvalue weighted by atomic mass is 10.1. The number of carbonyl (C=O) groups is 2. The minimum atomic E-state index is -0.220. The average Bonchev–Trinajstić information content (AvgIpc) is 3.15. The molecule has 0 radical (unpaired) electrons. The van der Waals surface area contributed by atoms with Crippen molar-refractivity contribution < 1.29 is 14.4 Å². The fraction of sp³-hybridized carbons (Fsp3) is 0.875. The molecule has 0 saturated carbocycles. The first kappa shape index (κ1) is 15.7. The highest BCUT2D eigenvalue weighted by Crippen LogP contribution is 2.25. The fourth-order valence-electron chi connectivity index (χ4n) is 3.86. The van der Waals surface area contributed by atoms with E-state index in [0.717, 1.165) is 38.9 Å². The molecule has 0 spiro atoms. The second-order valence-corrected chi connectivity index (χ2v) is 6.61. The van der Waals surface area contributed by atoms with Gasteiger partial charge in [-0.15, -0.1) is 0 Å². The summed E-state index contributed by atoms with van der Waals surface area (Å²) in [6.07, 6.45) is 4.71. The van der Waals surface area contributed by atoms with Crippen LogP contribution in [-0.4, -0.2) is 72.0 Å². The molecule has 2 amide bonds. The van der Waals surface area contributed by atoms with Gasteiger partial charge in [0.2, 0.25) is 5.91 Å². The molecule has 3 aliphatic rings. The maximum absolute atomic E-state index is 12.5. The highest BCUT2D eigenvalue weighted by molar-refractivity contribution is 5.88. The summed E-state index contributed by atoms with van der Waals surface area (Å²) in [6, 6.07) is 0.467. The van der Waals surface area contributed by atoms with Gasteiger partial charge in [-0.1, -0.05) is 6.92 Å². The van der Waals surface area contributed by atoms with Crippen LogP contribution in [0.1, 0.15) is 39.0 Å². The smallest absolute Gasteiger partial charge is 0.251 e. The number of hydrogen-bond acceptors (Lipinski definition) is 4. The lowest BCUT2D eigenvalue weighted by Gasteiger charge is -2.29. The molecule has 124 valence electrons. The first-order valence-corrected chi connectivity index (χ1v) is 8.65. The minimum Gasteiger partial charge on any atom is -0.340 e. The molecular formula is C16H27N3O3. The lowest BCUT2D eigenvalue weighted by molar-refractivity contribution is -0.200. The van der Waals surface area contributed by atoms with Gasteiger partial charge in [0.1, 0.15) is 0 Å². The summed E-state index contributed by atoms with van der Waals surface area (Å²) in [4.78, 5) is 34.5. The van der Waals surface area contributed by atoms with Crippen molar-refractivity contribution in [2.45, 2.75) is 45.1 Å². The summed E-state index contributed by atoms with van der Waals surface area (Å²) in [6.45, 7) is 6.95. The number of carbonyl (C=O) groups excluding carboxylic acids is 2. The molecule has 3 fully saturated rings. The molecule has 0 N–H and O–H groups in total. The van der Waals surface area contributed by atoms with Crippen LogP contribution in [0.15, 0.2) is 0 Å². The van der Waals surface area contributed by atoms with Crippen molar-refractivity contribution in [2.75, 3.05) is 39.3 Å². The van der Waals surface area contributed by atoms with Crippen molar-refractivity contribution >= 4 is 11.8 Å². The van der Waals surface area contributed by atoms with E-state index in [1.807, 2.05) is 4.90 Å². The van der Waals surface area contributed by atoms with Crippen LogP contribution in [0.4, 0.5) is 0 Å². The Labute approximate surface area is 132 Å². The maximum atomic E-state index is 12.5. The third-order valence-corrected chi connectivity index (χ3v) is 5.15. The summed E-state index contributed by atoms with van der Waals surface area (Å²) in [5.74, 6) is -0.102. The Kier molecular flexibility index (Phi) is 4.98. The first-order chi connectivity index (χ1) is 10.7. The standard InChI is InChI=1S/C16H27N3O3/c1-2-17-7-5-6-14(17)12-18-11-13(10-15(18)20)16(21)19-8-3-4-9-22-19/h13-14H,2-12H2,1H3/t13-,14-/m1/s1. The molecule has 6 heteroatoms. The third-order valence-electron chi connectivity index (χ3n) is 5.15. The number of likely N-dealkylation sites (N-methyl/N-ethyl adjacent to an activating group) is 1. The van der Waals surface area contributed by atoms with Crippen LogP contribution in [0.25, 0.3) is 0 Å². The van der Waals surface area contributed by atoms with Crippen LogP contribution < -0.4 is 0 Å². The molecule has 2 atom stereocenters. The number of nitrogens with zero attached hydrogens (tertiary/aromatic N) is 3. The predicted molar refractivity (Wildman–Crippen MR) is 81.9 cm³/mol. The van der Waals surface area contributed by atoms with E-state index in [1.165, 1.54) is 11.5 Å². The second-order valence-electron chi connectivity index (χ2n) is 6.61. The molecule has 3 aliphatic heterocycles. The topological polar surface area (TPSA) is 53.1 Å². The summed E-state index contributed by atoms with van der Waals surface area (Å²) >= 11 is 0. The van der Waals surface area contributed by atoms with Crippen molar-refractivity contribution in [2.24, 2.45) is 5.92 Å². The molecule has 3 saturated heterocycles. The van der Waals surface area contributed by atoms with Gasteiger partial charge < -0.3 is 4.90 Å². The zero-order valence-electron chi connectivity index (χ0n) is 13.5. The summed E-state index contributed by atoms with van der Waals surface area (Å²) < 4.78 is 0. The predicted octanol–water partition coefficient (Wildman–Crippen LogP) is 0.873. The Hall–Kier alpha value is -1.14. The Balaban J connectivity index is 1.55. The van der Waals surface area contributed by atoms with E-state index < -0.39 is 0 Å². The molecule has 3 rings (SSSR count). The monoisotopic (exact) mass is 309 g/mol. The quantitative estimate of drug-likeness (QED) is 0.773. The summed E-state index contributed by atoms with van der Waals surface area (Å²) in [7, 11) is 0. The number of rotatable bonds is 4. The van der Waals surface area contributed by atoms with E-state index in [0.29, 0.717) is 32.2 Å².